The summed E-state index contributed by atoms with van der Waals surface area (Å²) < 4.78 is 14.9. The van der Waals surface area contributed by atoms with Gasteiger partial charge < -0.3 is 10.6 Å². The van der Waals surface area contributed by atoms with Crippen LogP contribution in [0.4, 0.5) is 4.39 Å². The molecule has 2 N–H and O–H groups in total. The van der Waals surface area contributed by atoms with Crippen molar-refractivity contribution in [2.75, 3.05) is 13.1 Å². The smallest absolute Gasteiger partial charge is 0.254 e. The molecule has 122 valence electrons. The summed E-state index contributed by atoms with van der Waals surface area (Å²) >= 11 is 0. The number of alkyl halides is 1. The van der Waals surface area contributed by atoms with E-state index in [2.05, 4.69) is 15.7 Å². The molecule has 23 heavy (non-hydrogen) atoms. The van der Waals surface area contributed by atoms with Crippen molar-refractivity contribution in [1.82, 2.24) is 20.4 Å². The Labute approximate surface area is 134 Å². The fraction of sp³-hybridized carbons (Fsp3) is 0.412. The maximum Gasteiger partial charge on any atom is 0.254 e. The van der Waals surface area contributed by atoms with Crippen LogP contribution in [0.5, 0.6) is 0 Å². The van der Waals surface area contributed by atoms with E-state index in [1.165, 1.54) is 0 Å². The molecule has 0 aliphatic carbocycles. The van der Waals surface area contributed by atoms with Crippen LogP contribution < -0.4 is 10.6 Å². The summed E-state index contributed by atoms with van der Waals surface area (Å²) in [7, 11) is 0. The van der Waals surface area contributed by atoms with Gasteiger partial charge in [0, 0.05) is 24.8 Å². The van der Waals surface area contributed by atoms with Gasteiger partial charge in [0.25, 0.3) is 5.91 Å². The molecule has 1 fully saturated rings. The Morgan fingerprint density at radius 2 is 2.22 bits per heavy atom. The van der Waals surface area contributed by atoms with Crippen molar-refractivity contribution in [3.63, 3.8) is 0 Å². The van der Waals surface area contributed by atoms with E-state index in [0.29, 0.717) is 31.6 Å². The van der Waals surface area contributed by atoms with Crippen LogP contribution in [0.2, 0.25) is 0 Å². The molecule has 1 aromatic carbocycles. The SMILES string of the molecule is Cc1c(C(=O)NC[C@@H]2C[C@H](F)CN2)cnn1Cc1ccccc1. The van der Waals surface area contributed by atoms with Crippen molar-refractivity contribution < 1.29 is 9.18 Å². The van der Waals surface area contributed by atoms with Crippen molar-refractivity contribution in [3.8, 4) is 0 Å². The largest absolute Gasteiger partial charge is 0.350 e. The summed E-state index contributed by atoms with van der Waals surface area (Å²) in [5.74, 6) is -0.161. The predicted molar refractivity (Wildman–Crippen MR) is 86.1 cm³/mol. The number of rotatable bonds is 5. The quantitative estimate of drug-likeness (QED) is 0.882. The highest BCUT2D eigenvalue weighted by molar-refractivity contribution is 5.95. The molecule has 1 saturated heterocycles. The third-order valence-corrected chi connectivity index (χ3v) is 4.20. The van der Waals surface area contributed by atoms with Crippen LogP contribution in [0.3, 0.4) is 0 Å². The number of halogens is 1. The lowest BCUT2D eigenvalue weighted by atomic mass is 10.2. The Kier molecular flexibility index (Phi) is 4.71. The maximum atomic E-state index is 13.1. The molecule has 0 saturated carbocycles. The van der Waals surface area contributed by atoms with Gasteiger partial charge in [0.15, 0.2) is 0 Å². The van der Waals surface area contributed by atoms with Gasteiger partial charge in [-0.05, 0) is 18.9 Å². The van der Waals surface area contributed by atoms with Crippen LogP contribution in [0, 0.1) is 6.92 Å². The molecule has 0 radical (unpaired) electrons. The van der Waals surface area contributed by atoms with Crippen molar-refractivity contribution in [2.45, 2.75) is 32.1 Å². The first-order valence-electron chi connectivity index (χ1n) is 7.85. The Hall–Kier alpha value is -2.21. The monoisotopic (exact) mass is 316 g/mol. The third-order valence-electron chi connectivity index (χ3n) is 4.20. The topological polar surface area (TPSA) is 59.0 Å². The standard InChI is InChI=1S/C17H21FN4O/c1-12-16(17(23)20-9-15-7-14(18)8-19-15)10-21-22(12)11-13-5-3-2-4-6-13/h2-6,10,14-15,19H,7-9,11H2,1H3,(H,20,23)/t14-,15-/m0/s1. The van der Waals surface area contributed by atoms with E-state index in [4.69, 9.17) is 0 Å². The molecule has 1 aromatic heterocycles. The molecule has 0 unspecified atom stereocenters. The van der Waals surface area contributed by atoms with Crippen LogP contribution in [-0.2, 0) is 6.54 Å². The summed E-state index contributed by atoms with van der Waals surface area (Å²) in [6, 6.07) is 9.99. The lowest BCUT2D eigenvalue weighted by Crippen LogP contribution is -2.37. The van der Waals surface area contributed by atoms with Crippen LogP contribution in [-0.4, -0.2) is 41.0 Å². The number of nitrogens with one attached hydrogen (secondary N) is 2. The number of hydrogen-bond donors (Lipinski definition) is 2. The first kappa shape index (κ1) is 15.7. The number of aromatic nitrogens is 2. The van der Waals surface area contributed by atoms with Crippen LogP contribution in [0.15, 0.2) is 36.5 Å². The van der Waals surface area contributed by atoms with E-state index in [-0.39, 0.29) is 11.9 Å². The third kappa shape index (κ3) is 3.76. The summed E-state index contributed by atoms with van der Waals surface area (Å²) in [6.45, 7) is 3.32. The molecule has 6 heteroatoms. The molecule has 1 aliphatic heterocycles. The summed E-state index contributed by atoms with van der Waals surface area (Å²) in [5.41, 5.74) is 2.53. The van der Waals surface area contributed by atoms with Gasteiger partial charge in [-0.1, -0.05) is 30.3 Å². The minimum atomic E-state index is -0.813. The second kappa shape index (κ2) is 6.91. The first-order valence-corrected chi connectivity index (χ1v) is 7.85. The molecular formula is C17H21FN4O. The number of carbonyl (C=O) groups excluding carboxylic acids is 1. The Morgan fingerprint density at radius 3 is 2.91 bits per heavy atom. The van der Waals surface area contributed by atoms with Crippen LogP contribution in [0.25, 0.3) is 0 Å². The summed E-state index contributed by atoms with van der Waals surface area (Å²) in [4.78, 5) is 12.3. The molecule has 5 nitrogen and oxygen atoms in total. The average Bonchev–Trinajstić information content (AvgIpc) is 3.13. The zero-order valence-electron chi connectivity index (χ0n) is 13.1. The molecule has 2 atom stereocenters. The molecule has 3 rings (SSSR count). The summed E-state index contributed by atoms with van der Waals surface area (Å²) in [6.07, 6.45) is 1.23. The van der Waals surface area contributed by atoms with Gasteiger partial charge in [0.1, 0.15) is 6.17 Å². The average molecular weight is 316 g/mol. The molecule has 2 aromatic rings. The lowest BCUT2D eigenvalue weighted by molar-refractivity contribution is 0.0949. The van der Waals surface area contributed by atoms with E-state index in [0.717, 1.165) is 11.3 Å². The fourth-order valence-corrected chi connectivity index (χ4v) is 2.82. The highest BCUT2D eigenvalue weighted by Gasteiger charge is 2.24. The molecule has 0 spiro atoms. The van der Waals surface area contributed by atoms with Crippen molar-refractivity contribution in [3.05, 3.63) is 53.3 Å². The second-order valence-electron chi connectivity index (χ2n) is 5.94. The number of carbonyl (C=O) groups is 1. The number of nitrogens with zero attached hydrogens (tertiary/aromatic N) is 2. The number of hydrogen-bond acceptors (Lipinski definition) is 3. The van der Waals surface area contributed by atoms with E-state index in [1.54, 1.807) is 6.20 Å². The molecule has 1 amide bonds. The minimum Gasteiger partial charge on any atom is -0.350 e. The van der Waals surface area contributed by atoms with Gasteiger partial charge in [-0.15, -0.1) is 0 Å². The highest BCUT2D eigenvalue weighted by atomic mass is 19.1. The van der Waals surface area contributed by atoms with E-state index >= 15 is 0 Å². The van der Waals surface area contributed by atoms with E-state index < -0.39 is 6.17 Å². The minimum absolute atomic E-state index is 0.00798. The van der Waals surface area contributed by atoms with Crippen molar-refractivity contribution in [1.29, 1.82) is 0 Å². The Morgan fingerprint density at radius 1 is 1.43 bits per heavy atom. The van der Waals surface area contributed by atoms with Gasteiger partial charge in [0.2, 0.25) is 0 Å². The Bertz CT molecular complexity index is 670. The number of amides is 1. The number of benzene rings is 1. The lowest BCUT2D eigenvalue weighted by Gasteiger charge is -2.11. The van der Waals surface area contributed by atoms with Gasteiger partial charge in [-0.3, -0.25) is 9.48 Å². The van der Waals surface area contributed by atoms with Gasteiger partial charge >= 0.3 is 0 Å². The maximum absolute atomic E-state index is 13.1. The predicted octanol–water partition coefficient (Wildman–Crippen LogP) is 1.67. The van der Waals surface area contributed by atoms with Crippen molar-refractivity contribution >= 4 is 5.91 Å². The first-order chi connectivity index (χ1) is 11.1. The normalized spacial score (nSPS) is 20.6. The van der Waals surface area contributed by atoms with E-state index in [1.807, 2.05) is 41.9 Å². The van der Waals surface area contributed by atoms with Gasteiger partial charge in [-0.2, -0.15) is 5.10 Å². The van der Waals surface area contributed by atoms with Crippen molar-refractivity contribution in [2.24, 2.45) is 0 Å². The molecular weight excluding hydrogens is 295 g/mol. The summed E-state index contributed by atoms with van der Waals surface area (Å²) in [5, 5.41) is 10.2. The van der Waals surface area contributed by atoms with Crippen LogP contribution in [0.1, 0.15) is 28.0 Å². The van der Waals surface area contributed by atoms with E-state index in [9.17, 15) is 9.18 Å². The zero-order valence-corrected chi connectivity index (χ0v) is 13.1. The van der Waals surface area contributed by atoms with Crippen LogP contribution >= 0.6 is 0 Å². The molecule has 1 aliphatic rings. The fourth-order valence-electron chi connectivity index (χ4n) is 2.82. The molecule has 2 heterocycles. The highest BCUT2D eigenvalue weighted by Crippen LogP contribution is 2.12. The van der Waals surface area contributed by atoms with Gasteiger partial charge in [-0.25, -0.2) is 4.39 Å². The Balaban J connectivity index is 1.60. The zero-order chi connectivity index (χ0) is 16.2. The van der Waals surface area contributed by atoms with Gasteiger partial charge in [0.05, 0.1) is 18.3 Å². The molecule has 0 bridgehead atoms. The second-order valence-corrected chi connectivity index (χ2v) is 5.94.